The lowest BCUT2D eigenvalue weighted by Crippen LogP contribution is -2.49. The van der Waals surface area contributed by atoms with Crippen LogP contribution in [0, 0.1) is 0 Å². The molecule has 2 amide bonds. The average molecular weight is 274 g/mol. The van der Waals surface area contributed by atoms with Crippen LogP contribution in [-0.4, -0.2) is 53.3 Å². The molecule has 112 valence electrons. The predicted molar refractivity (Wildman–Crippen MR) is 73.2 cm³/mol. The zero-order chi connectivity index (χ0) is 15.1. The first kappa shape index (κ1) is 17.7. The molecular formula is C13H26N2O4. The highest BCUT2D eigenvalue weighted by molar-refractivity contribution is 5.75. The minimum Gasteiger partial charge on any atom is -0.481 e. The van der Waals surface area contributed by atoms with Crippen LogP contribution in [0.4, 0.5) is 4.79 Å². The third-order valence-corrected chi connectivity index (χ3v) is 2.65. The Labute approximate surface area is 115 Å². The van der Waals surface area contributed by atoms with E-state index >= 15 is 0 Å². The normalized spacial score (nSPS) is 11.5. The van der Waals surface area contributed by atoms with Gasteiger partial charge in [-0.2, -0.15) is 0 Å². The Bertz CT molecular complexity index is 303. The van der Waals surface area contributed by atoms with Crippen LogP contribution in [-0.2, 0) is 9.53 Å². The summed E-state index contributed by atoms with van der Waals surface area (Å²) in [7, 11) is 0. The second-order valence-electron chi connectivity index (χ2n) is 5.28. The van der Waals surface area contributed by atoms with E-state index < -0.39 is 11.6 Å². The molecule has 0 spiro atoms. The summed E-state index contributed by atoms with van der Waals surface area (Å²) in [4.78, 5) is 24.1. The first-order valence-electron chi connectivity index (χ1n) is 6.60. The maximum atomic E-state index is 12.0. The van der Waals surface area contributed by atoms with E-state index in [1.807, 2.05) is 34.6 Å². The van der Waals surface area contributed by atoms with E-state index in [0.29, 0.717) is 13.2 Å². The number of carbonyl (C=O) groups is 2. The molecule has 0 bridgehead atoms. The Balaban J connectivity index is 4.37. The van der Waals surface area contributed by atoms with Gasteiger partial charge in [0.05, 0.1) is 12.0 Å². The van der Waals surface area contributed by atoms with Crippen molar-refractivity contribution < 1.29 is 19.4 Å². The van der Waals surface area contributed by atoms with Crippen molar-refractivity contribution >= 4 is 12.0 Å². The number of hydrogen-bond donors (Lipinski definition) is 2. The molecule has 2 N–H and O–H groups in total. The first-order chi connectivity index (χ1) is 8.69. The summed E-state index contributed by atoms with van der Waals surface area (Å²) in [5.74, 6) is -0.909. The third kappa shape index (κ3) is 7.66. The summed E-state index contributed by atoms with van der Waals surface area (Å²) in [6.07, 6.45) is -0.0551. The largest absolute Gasteiger partial charge is 0.481 e. The highest BCUT2D eigenvalue weighted by atomic mass is 16.5. The van der Waals surface area contributed by atoms with Crippen molar-refractivity contribution in [1.29, 1.82) is 0 Å². The minimum absolute atomic E-state index is 0.0467. The molecule has 0 saturated carbocycles. The second-order valence-corrected chi connectivity index (χ2v) is 5.28. The minimum atomic E-state index is -0.909. The van der Waals surface area contributed by atoms with Gasteiger partial charge in [-0.15, -0.1) is 0 Å². The molecule has 0 aromatic rings. The number of nitrogens with one attached hydrogen (secondary N) is 1. The SMILES string of the molecule is CCOC(C)(C)CNC(=O)N(CCC(=O)O)C(C)C. The van der Waals surface area contributed by atoms with Crippen molar-refractivity contribution in [3.05, 3.63) is 0 Å². The van der Waals surface area contributed by atoms with Crippen molar-refractivity contribution in [2.24, 2.45) is 0 Å². The van der Waals surface area contributed by atoms with E-state index in [-0.39, 0.29) is 25.0 Å². The van der Waals surface area contributed by atoms with E-state index in [1.165, 1.54) is 4.90 Å². The van der Waals surface area contributed by atoms with Gasteiger partial charge in [-0.25, -0.2) is 4.79 Å². The summed E-state index contributed by atoms with van der Waals surface area (Å²) < 4.78 is 5.49. The smallest absolute Gasteiger partial charge is 0.317 e. The lowest BCUT2D eigenvalue weighted by atomic mass is 10.1. The molecule has 0 radical (unpaired) electrons. The van der Waals surface area contributed by atoms with Crippen LogP contribution >= 0.6 is 0 Å². The molecule has 19 heavy (non-hydrogen) atoms. The molecule has 0 fully saturated rings. The number of urea groups is 1. The fourth-order valence-corrected chi connectivity index (χ4v) is 1.64. The molecule has 6 nitrogen and oxygen atoms in total. The van der Waals surface area contributed by atoms with Gasteiger partial charge in [0.15, 0.2) is 0 Å². The van der Waals surface area contributed by atoms with Crippen LogP contribution in [0.2, 0.25) is 0 Å². The molecule has 0 aromatic heterocycles. The maximum absolute atomic E-state index is 12.0. The summed E-state index contributed by atoms with van der Waals surface area (Å²) in [6, 6.07) is -0.307. The first-order valence-corrected chi connectivity index (χ1v) is 6.60. The van der Waals surface area contributed by atoms with E-state index in [9.17, 15) is 9.59 Å². The summed E-state index contributed by atoms with van der Waals surface area (Å²) in [5, 5.41) is 11.5. The molecule has 0 aliphatic rings. The van der Waals surface area contributed by atoms with Crippen LogP contribution in [0.3, 0.4) is 0 Å². The quantitative estimate of drug-likeness (QED) is 0.706. The highest BCUT2D eigenvalue weighted by Gasteiger charge is 2.22. The molecule has 0 rings (SSSR count). The summed E-state index contributed by atoms with van der Waals surface area (Å²) in [5.41, 5.74) is -0.431. The third-order valence-electron chi connectivity index (χ3n) is 2.65. The van der Waals surface area contributed by atoms with Gasteiger partial charge in [-0.3, -0.25) is 4.79 Å². The molecule has 0 saturated heterocycles. The van der Waals surface area contributed by atoms with E-state index in [1.54, 1.807) is 0 Å². The van der Waals surface area contributed by atoms with E-state index in [0.717, 1.165) is 0 Å². The Hall–Kier alpha value is -1.30. The Morgan fingerprint density at radius 2 is 1.95 bits per heavy atom. The number of carboxylic acid groups (broad SMARTS) is 1. The Morgan fingerprint density at radius 3 is 2.37 bits per heavy atom. The van der Waals surface area contributed by atoms with Gasteiger partial charge in [0.2, 0.25) is 0 Å². The molecule has 6 heteroatoms. The Morgan fingerprint density at radius 1 is 1.37 bits per heavy atom. The number of amides is 2. The number of aliphatic carboxylic acids is 1. The van der Waals surface area contributed by atoms with Crippen LogP contribution in [0.5, 0.6) is 0 Å². The molecular weight excluding hydrogens is 248 g/mol. The van der Waals surface area contributed by atoms with Crippen LogP contribution in [0.25, 0.3) is 0 Å². The standard InChI is InChI=1S/C13H26N2O4/c1-6-19-13(4,5)9-14-12(18)15(10(2)3)8-7-11(16)17/h10H,6-9H2,1-5H3,(H,14,18)(H,16,17). The Kier molecular flexibility index (Phi) is 7.44. The molecule has 0 aliphatic carbocycles. The zero-order valence-electron chi connectivity index (χ0n) is 12.5. The molecule has 0 heterocycles. The number of carboxylic acids is 1. The summed E-state index contributed by atoms with van der Waals surface area (Å²) >= 11 is 0. The predicted octanol–water partition coefficient (Wildman–Crippen LogP) is 1.70. The number of carbonyl (C=O) groups excluding carboxylic acids is 1. The van der Waals surface area contributed by atoms with E-state index in [2.05, 4.69) is 5.32 Å². The lowest BCUT2D eigenvalue weighted by molar-refractivity contribution is -0.137. The van der Waals surface area contributed by atoms with Crippen LogP contribution in [0.1, 0.15) is 41.0 Å². The maximum Gasteiger partial charge on any atom is 0.317 e. The van der Waals surface area contributed by atoms with Crippen LogP contribution < -0.4 is 5.32 Å². The second kappa shape index (κ2) is 7.99. The monoisotopic (exact) mass is 274 g/mol. The van der Waals surface area contributed by atoms with Crippen molar-refractivity contribution in [1.82, 2.24) is 10.2 Å². The molecule has 0 unspecified atom stereocenters. The zero-order valence-corrected chi connectivity index (χ0v) is 12.5. The van der Waals surface area contributed by atoms with Gasteiger partial charge in [-0.05, 0) is 34.6 Å². The fourth-order valence-electron chi connectivity index (χ4n) is 1.64. The average Bonchev–Trinajstić information content (AvgIpc) is 2.25. The summed E-state index contributed by atoms with van der Waals surface area (Å²) in [6.45, 7) is 10.6. The number of rotatable bonds is 8. The van der Waals surface area contributed by atoms with E-state index in [4.69, 9.17) is 9.84 Å². The van der Waals surface area contributed by atoms with Crippen molar-refractivity contribution in [2.45, 2.75) is 52.7 Å². The van der Waals surface area contributed by atoms with Crippen molar-refractivity contribution in [3.63, 3.8) is 0 Å². The number of ether oxygens (including phenoxy) is 1. The number of hydrogen-bond acceptors (Lipinski definition) is 3. The highest BCUT2D eigenvalue weighted by Crippen LogP contribution is 2.08. The molecule has 0 atom stereocenters. The fraction of sp³-hybridized carbons (Fsp3) is 0.846. The van der Waals surface area contributed by atoms with Crippen molar-refractivity contribution in [3.8, 4) is 0 Å². The van der Waals surface area contributed by atoms with Gasteiger partial charge in [0.25, 0.3) is 0 Å². The lowest BCUT2D eigenvalue weighted by Gasteiger charge is -2.30. The van der Waals surface area contributed by atoms with Crippen molar-refractivity contribution in [2.75, 3.05) is 19.7 Å². The topological polar surface area (TPSA) is 78.9 Å². The van der Waals surface area contributed by atoms with Gasteiger partial charge in [-0.1, -0.05) is 0 Å². The number of nitrogens with zero attached hydrogens (tertiary/aromatic N) is 1. The van der Waals surface area contributed by atoms with Gasteiger partial charge in [0, 0.05) is 25.7 Å². The molecule has 0 aliphatic heterocycles. The van der Waals surface area contributed by atoms with Gasteiger partial charge < -0.3 is 20.1 Å². The molecule has 0 aromatic carbocycles. The van der Waals surface area contributed by atoms with Gasteiger partial charge in [0.1, 0.15) is 0 Å². The van der Waals surface area contributed by atoms with Crippen LogP contribution in [0.15, 0.2) is 0 Å². The van der Waals surface area contributed by atoms with Gasteiger partial charge >= 0.3 is 12.0 Å².